The molecule has 55 heavy (non-hydrogen) atoms. The molecule has 0 heterocycles. The summed E-state index contributed by atoms with van der Waals surface area (Å²) in [7, 11) is 2.31. The molecule has 0 saturated carbocycles. The Labute approximate surface area is 352 Å². The van der Waals surface area contributed by atoms with Gasteiger partial charge in [0.1, 0.15) is 28.6 Å². The quantitative estimate of drug-likeness (QED) is 0.0617. The van der Waals surface area contributed by atoms with Crippen molar-refractivity contribution in [2.75, 3.05) is 14.2 Å². The Bertz CT molecular complexity index is 1570. The molecule has 2 aliphatic carbocycles. The smallest absolute Gasteiger partial charge is 0.870 e. The Morgan fingerprint density at radius 1 is 0.745 bits per heavy atom. The van der Waals surface area contributed by atoms with Crippen molar-refractivity contribution >= 4 is 5.97 Å². The first-order chi connectivity index (χ1) is 24.7. The van der Waals surface area contributed by atoms with Gasteiger partial charge in [0.25, 0.3) is 0 Å². The monoisotopic (exact) mass is 776 g/mol. The molecule has 0 saturated heterocycles. The average Bonchev–Trinajstić information content (AvgIpc) is 3.09. The Morgan fingerprint density at radius 3 is 1.58 bits per heavy atom. The molecule has 304 valence electrons. The van der Waals surface area contributed by atoms with Crippen molar-refractivity contribution in [3.63, 3.8) is 0 Å². The van der Waals surface area contributed by atoms with E-state index in [-0.39, 0.29) is 92.7 Å². The summed E-state index contributed by atoms with van der Waals surface area (Å²) in [6.07, 6.45) is 16.1. The number of aliphatic hydroxyl groups excluding tert-OH is 1. The van der Waals surface area contributed by atoms with Crippen molar-refractivity contribution in [3.8, 4) is 23.0 Å². The Morgan fingerprint density at radius 2 is 1.16 bits per heavy atom. The maximum Gasteiger partial charge on any atom is 1.00 e. The van der Waals surface area contributed by atoms with Gasteiger partial charge < -0.3 is 41.2 Å². The second-order valence-corrected chi connectivity index (χ2v) is 14.7. The van der Waals surface area contributed by atoms with Crippen LogP contribution in [0, 0.1) is 11.8 Å². The number of unbranched alkanes of at least 4 members (excludes halogenated alkanes) is 4. The van der Waals surface area contributed by atoms with Crippen LogP contribution in [0.25, 0.3) is 0 Å². The molecule has 2 aliphatic rings. The molecule has 0 aliphatic heterocycles. The van der Waals surface area contributed by atoms with Crippen LogP contribution in [0.1, 0.15) is 150 Å². The first-order valence-corrected chi connectivity index (χ1v) is 19.1. The second kappa shape index (κ2) is 26.7. The molecule has 0 unspecified atom stereocenters. The molecular weight excluding hydrogens is 707 g/mol. The standard InChI is InChI=1S/C23H32O4.C21H30O2.CH4O.Na.2H2O/c1-6-7-8-9-16-13-19(24)21(22(25)20(16)23(26)27-5)18-12-15(4)10-11-17(18)14(2)3;1-5-6-7-8-16-12-19(22)21(20(23)13-16)18-11-15(4)9-10-17(18)14(2)3;1-2;;;/h12-13,17-18,24-25H,2,6-11H2,1,3-5H3;11-13,17-18,22-23H,2,5-10H2,1,3-4H3;2H,1H3;;2*1H2/q;;;+1;;/p-1/t2*17-,18+;;;;/m00..../s1. The maximum atomic E-state index is 12.4. The number of phenolic OH excluding ortho intramolecular Hbond substituents is 4. The molecular formula is C45H69NaO9. The summed E-state index contributed by atoms with van der Waals surface area (Å²) in [6.45, 7) is 20.7. The van der Waals surface area contributed by atoms with Gasteiger partial charge in [0.05, 0.1) is 7.11 Å². The van der Waals surface area contributed by atoms with Crippen LogP contribution in [0.4, 0.5) is 0 Å². The number of phenols is 4. The summed E-state index contributed by atoms with van der Waals surface area (Å²) >= 11 is 0. The van der Waals surface area contributed by atoms with E-state index < -0.39 is 5.97 Å². The van der Waals surface area contributed by atoms with Crippen LogP contribution in [-0.2, 0) is 17.6 Å². The van der Waals surface area contributed by atoms with E-state index in [4.69, 9.17) is 9.84 Å². The number of esters is 1. The van der Waals surface area contributed by atoms with Crippen molar-refractivity contribution in [1.29, 1.82) is 0 Å². The largest absolute Gasteiger partial charge is 1.00 e. The topological polar surface area (TPSA) is 189 Å². The van der Waals surface area contributed by atoms with Crippen LogP contribution in [0.5, 0.6) is 23.0 Å². The SMILES string of the molecule is C=C(C)[C@@H]1CCC(C)=C[C@H]1c1c(O)cc(CCCCC)c(C(=O)OC)c1O.C=C(C)[C@@H]1CCC(C)=C[C@H]1c1c(O)cc(CCCCC)cc1O.CO.O.[Na+].[OH-]. The van der Waals surface area contributed by atoms with Gasteiger partial charge in [0, 0.05) is 30.1 Å². The van der Waals surface area contributed by atoms with E-state index in [1.165, 1.54) is 31.1 Å². The van der Waals surface area contributed by atoms with Crippen molar-refractivity contribution < 1.29 is 75.6 Å². The van der Waals surface area contributed by atoms with E-state index in [1.54, 1.807) is 6.07 Å². The van der Waals surface area contributed by atoms with Gasteiger partial charge in [0.2, 0.25) is 0 Å². The molecule has 2 aromatic carbocycles. The zero-order chi connectivity index (χ0) is 39.1. The first kappa shape index (κ1) is 54.1. The predicted molar refractivity (Wildman–Crippen MR) is 219 cm³/mol. The van der Waals surface area contributed by atoms with Gasteiger partial charge in [-0.2, -0.15) is 0 Å². The van der Waals surface area contributed by atoms with Gasteiger partial charge in [0.15, 0.2) is 0 Å². The van der Waals surface area contributed by atoms with Crippen molar-refractivity contribution in [2.45, 2.75) is 130 Å². The minimum absolute atomic E-state index is 0. The first-order valence-electron chi connectivity index (χ1n) is 19.1. The van der Waals surface area contributed by atoms with E-state index in [0.29, 0.717) is 23.1 Å². The summed E-state index contributed by atoms with van der Waals surface area (Å²) < 4.78 is 4.93. The second-order valence-electron chi connectivity index (χ2n) is 14.7. The molecule has 9 nitrogen and oxygen atoms in total. The number of aliphatic hydroxyl groups is 1. The minimum atomic E-state index is -0.566. The van der Waals surface area contributed by atoms with Gasteiger partial charge in [-0.3, -0.25) is 0 Å². The van der Waals surface area contributed by atoms with Crippen molar-refractivity contribution in [3.05, 3.63) is 93.6 Å². The van der Waals surface area contributed by atoms with Gasteiger partial charge in [-0.15, -0.1) is 0 Å². The number of allylic oxidation sites excluding steroid dienone is 6. The van der Waals surface area contributed by atoms with Crippen LogP contribution in [0.3, 0.4) is 0 Å². The summed E-state index contributed by atoms with van der Waals surface area (Å²) in [4.78, 5) is 12.4. The zero-order valence-electron chi connectivity index (χ0n) is 35.1. The number of aromatic hydroxyl groups is 4. The van der Waals surface area contributed by atoms with Crippen LogP contribution >= 0.6 is 0 Å². The molecule has 0 radical (unpaired) electrons. The zero-order valence-corrected chi connectivity index (χ0v) is 37.1. The number of hydrogen-bond donors (Lipinski definition) is 5. The normalized spacial score (nSPS) is 18.5. The average molecular weight is 777 g/mol. The Hall–Kier alpha value is -3.05. The fraction of sp³-hybridized carbons (Fsp3) is 0.533. The Balaban J connectivity index is 0. The molecule has 10 heteroatoms. The molecule has 8 N–H and O–H groups in total. The fourth-order valence-corrected chi connectivity index (χ4v) is 7.70. The third kappa shape index (κ3) is 14.8. The third-order valence-electron chi connectivity index (χ3n) is 10.5. The third-order valence-corrected chi connectivity index (χ3v) is 10.5. The summed E-state index contributed by atoms with van der Waals surface area (Å²) in [5.41, 5.74) is 7.55. The molecule has 2 aromatic rings. The number of carbonyl (C=O) groups is 1. The van der Waals surface area contributed by atoms with E-state index in [2.05, 4.69) is 53.0 Å². The minimum Gasteiger partial charge on any atom is -0.870 e. The van der Waals surface area contributed by atoms with Gasteiger partial charge in [-0.1, -0.05) is 87.1 Å². The number of rotatable bonds is 13. The number of hydrogen-bond acceptors (Lipinski definition) is 8. The van der Waals surface area contributed by atoms with E-state index >= 15 is 0 Å². The van der Waals surface area contributed by atoms with E-state index in [0.717, 1.165) is 81.6 Å². The molecule has 0 fully saturated rings. The Kier molecular flexibility index (Phi) is 26.3. The van der Waals surface area contributed by atoms with Gasteiger partial charge >= 0.3 is 35.5 Å². The van der Waals surface area contributed by atoms with Crippen molar-refractivity contribution in [1.82, 2.24) is 0 Å². The molecule has 0 bridgehead atoms. The number of benzene rings is 2. The summed E-state index contributed by atoms with van der Waals surface area (Å²) in [6, 6.07) is 5.29. The number of carbonyl (C=O) groups excluding carboxylic acids is 1. The van der Waals surface area contributed by atoms with Crippen LogP contribution in [0.15, 0.2) is 65.8 Å². The predicted octanol–water partition coefficient (Wildman–Crippen LogP) is 7.09. The molecule has 0 spiro atoms. The molecule has 4 rings (SSSR count). The molecule has 4 atom stereocenters. The molecule has 0 amide bonds. The maximum absolute atomic E-state index is 12.4. The molecule has 0 aromatic heterocycles. The van der Waals surface area contributed by atoms with Crippen LogP contribution < -0.4 is 29.6 Å². The van der Waals surface area contributed by atoms with Crippen LogP contribution in [0.2, 0.25) is 0 Å². The van der Waals surface area contributed by atoms with Crippen molar-refractivity contribution in [2.24, 2.45) is 11.8 Å². The van der Waals surface area contributed by atoms with Gasteiger partial charge in [-0.05, 0) is 120 Å². The van der Waals surface area contributed by atoms with Gasteiger partial charge in [-0.25, -0.2) is 4.79 Å². The summed E-state index contributed by atoms with van der Waals surface area (Å²) in [5, 5.41) is 49.9. The number of methoxy groups -OCH3 is 1. The summed E-state index contributed by atoms with van der Waals surface area (Å²) in [5.74, 6) is -0.0379. The van der Waals surface area contributed by atoms with E-state index in [9.17, 15) is 25.2 Å². The van der Waals surface area contributed by atoms with E-state index in [1.807, 2.05) is 26.0 Å². The van der Waals surface area contributed by atoms with Crippen LogP contribution in [-0.4, -0.2) is 56.7 Å². The number of ether oxygens (including phenoxy) is 1. The number of aryl methyl sites for hydroxylation is 2. The fourth-order valence-electron chi connectivity index (χ4n) is 7.70.